The molecule has 1 aromatic rings. The molecule has 110 valence electrons. The van der Waals surface area contributed by atoms with Crippen LogP contribution in [0.3, 0.4) is 0 Å². The largest absolute Gasteiger partial charge is 0.372 e. The molecular weight excluding hydrogens is 312 g/mol. The van der Waals surface area contributed by atoms with Crippen molar-refractivity contribution in [3.63, 3.8) is 0 Å². The summed E-state index contributed by atoms with van der Waals surface area (Å²) in [6, 6.07) is 2.93. The number of rotatable bonds is 6. The summed E-state index contributed by atoms with van der Waals surface area (Å²) in [7, 11) is 1.02. The number of carbonyl (C=O) groups is 1. The zero-order chi connectivity index (χ0) is 15.3. The minimum Gasteiger partial charge on any atom is -0.372 e. The summed E-state index contributed by atoms with van der Waals surface area (Å²) in [4.78, 5) is 21.1. The number of benzene rings is 1. The molecule has 0 spiro atoms. The molecule has 8 nitrogen and oxygen atoms in total. The van der Waals surface area contributed by atoms with E-state index in [1.165, 1.54) is 0 Å². The van der Waals surface area contributed by atoms with Crippen molar-refractivity contribution < 1.29 is 22.9 Å². The Kier molecular flexibility index (Phi) is 5.43. The van der Waals surface area contributed by atoms with Gasteiger partial charge in [-0.1, -0.05) is 0 Å². The van der Waals surface area contributed by atoms with Gasteiger partial charge in [0.25, 0.3) is 20.6 Å². The van der Waals surface area contributed by atoms with Crippen LogP contribution in [0.4, 0.5) is 11.4 Å². The van der Waals surface area contributed by atoms with E-state index < -0.39 is 30.5 Å². The summed E-state index contributed by atoms with van der Waals surface area (Å²) in [5.41, 5.74) is -0.708. The monoisotopic (exact) mass is 322 g/mol. The second kappa shape index (κ2) is 6.64. The normalized spacial score (nSPS) is 11.1. The molecule has 0 aromatic heterocycles. The molecule has 1 amide bonds. The van der Waals surface area contributed by atoms with Crippen molar-refractivity contribution >= 4 is 37.0 Å². The highest BCUT2D eigenvalue weighted by Gasteiger charge is 2.21. The van der Waals surface area contributed by atoms with Crippen LogP contribution in [-0.4, -0.2) is 32.5 Å². The average molecular weight is 323 g/mol. The van der Waals surface area contributed by atoms with E-state index >= 15 is 0 Å². The number of nitrogens with zero attached hydrogens (tertiary/aromatic N) is 1. The van der Waals surface area contributed by atoms with Crippen LogP contribution in [0.5, 0.6) is 0 Å². The molecule has 0 unspecified atom stereocenters. The molecule has 20 heavy (non-hydrogen) atoms. The summed E-state index contributed by atoms with van der Waals surface area (Å²) in [5.74, 6) is -0.587. The van der Waals surface area contributed by atoms with E-state index in [0.717, 1.165) is 18.2 Å². The fraction of sp³-hybridized carbons (Fsp3) is 0.300. The lowest BCUT2D eigenvalue weighted by Gasteiger charge is -2.06. The Bertz CT molecular complexity index is 631. The molecule has 1 aromatic carbocycles. The van der Waals surface area contributed by atoms with Crippen LogP contribution in [0.1, 0.15) is 6.92 Å². The maximum Gasteiger partial charge on any atom is 0.294 e. The van der Waals surface area contributed by atoms with Gasteiger partial charge in [0.2, 0.25) is 0 Å². The van der Waals surface area contributed by atoms with Gasteiger partial charge in [-0.25, -0.2) is 8.42 Å². The number of hydrogen-bond donors (Lipinski definition) is 1. The first kappa shape index (κ1) is 16.3. The molecule has 0 saturated heterocycles. The summed E-state index contributed by atoms with van der Waals surface area (Å²) in [5, 5.41) is 13.1. The Labute approximate surface area is 119 Å². The molecule has 1 rings (SSSR count). The van der Waals surface area contributed by atoms with Crippen molar-refractivity contribution in [2.45, 2.75) is 11.8 Å². The summed E-state index contributed by atoms with van der Waals surface area (Å²) in [6.07, 6.45) is 0. The highest BCUT2D eigenvalue weighted by molar-refractivity contribution is 8.13. The number of anilines is 1. The van der Waals surface area contributed by atoms with Gasteiger partial charge in [0, 0.05) is 23.4 Å². The number of ether oxygens (including phenoxy) is 1. The van der Waals surface area contributed by atoms with Gasteiger partial charge in [-0.15, -0.1) is 0 Å². The van der Waals surface area contributed by atoms with Crippen LogP contribution in [-0.2, 0) is 18.6 Å². The molecule has 0 aliphatic heterocycles. The van der Waals surface area contributed by atoms with Crippen LogP contribution in [0.15, 0.2) is 23.1 Å². The summed E-state index contributed by atoms with van der Waals surface area (Å²) in [6.45, 7) is 1.75. The number of nitro benzene ring substituents is 1. The Morgan fingerprint density at radius 1 is 1.50 bits per heavy atom. The van der Waals surface area contributed by atoms with E-state index in [1.54, 1.807) is 6.92 Å². The SMILES string of the molecule is CCOCC(=O)Nc1ccc(S(=O)(=O)Cl)cc1[N+](=O)[O-]. The fourth-order valence-electron chi connectivity index (χ4n) is 1.30. The first-order chi connectivity index (χ1) is 9.25. The minimum atomic E-state index is -4.09. The van der Waals surface area contributed by atoms with Crippen molar-refractivity contribution in [2.75, 3.05) is 18.5 Å². The number of amides is 1. The van der Waals surface area contributed by atoms with Crippen LogP contribution in [0, 0.1) is 10.1 Å². The lowest BCUT2D eigenvalue weighted by atomic mass is 10.2. The van der Waals surface area contributed by atoms with Gasteiger partial charge in [0.05, 0.1) is 9.82 Å². The fourth-order valence-corrected chi connectivity index (χ4v) is 2.07. The second-order valence-corrected chi connectivity index (χ2v) is 6.13. The van der Waals surface area contributed by atoms with Gasteiger partial charge in [-0.05, 0) is 19.1 Å². The highest BCUT2D eigenvalue weighted by atomic mass is 35.7. The van der Waals surface area contributed by atoms with Gasteiger partial charge >= 0.3 is 0 Å². The van der Waals surface area contributed by atoms with Crippen LogP contribution in [0.25, 0.3) is 0 Å². The zero-order valence-electron chi connectivity index (χ0n) is 10.3. The van der Waals surface area contributed by atoms with E-state index in [9.17, 15) is 23.3 Å². The highest BCUT2D eigenvalue weighted by Crippen LogP contribution is 2.28. The van der Waals surface area contributed by atoms with Gasteiger partial charge in [-0.2, -0.15) is 0 Å². The molecule has 0 aliphatic rings. The molecule has 0 fully saturated rings. The lowest BCUT2D eigenvalue weighted by molar-refractivity contribution is -0.384. The van der Waals surface area contributed by atoms with Crippen molar-refractivity contribution in [3.8, 4) is 0 Å². The first-order valence-electron chi connectivity index (χ1n) is 5.36. The first-order valence-corrected chi connectivity index (χ1v) is 7.67. The molecule has 10 heteroatoms. The number of halogens is 1. The van der Waals surface area contributed by atoms with E-state index in [4.69, 9.17) is 15.4 Å². The molecule has 0 heterocycles. The van der Waals surface area contributed by atoms with E-state index in [0.29, 0.717) is 6.61 Å². The van der Waals surface area contributed by atoms with Crippen molar-refractivity contribution in [1.82, 2.24) is 0 Å². The van der Waals surface area contributed by atoms with E-state index in [-0.39, 0.29) is 12.3 Å². The van der Waals surface area contributed by atoms with Gasteiger partial charge in [0.1, 0.15) is 12.3 Å². The Morgan fingerprint density at radius 2 is 2.15 bits per heavy atom. The molecule has 0 atom stereocenters. The second-order valence-electron chi connectivity index (χ2n) is 3.56. The third kappa shape index (κ3) is 4.44. The Morgan fingerprint density at radius 3 is 2.65 bits per heavy atom. The molecule has 1 N–H and O–H groups in total. The maximum absolute atomic E-state index is 11.4. The third-order valence-electron chi connectivity index (χ3n) is 2.16. The molecule has 0 radical (unpaired) electrons. The van der Waals surface area contributed by atoms with Gasteiger partial charge in [0.15, 0.2) is 0 Å². The topological polar surface area (TPSA) is 116 Å². The van der Waals surface area contributed by atoms with Crippen LogP contribution in [0.2, 0.25) is 0 Å². The molecule has 0 bridgehead atoms. The van der Waals surface area contributed by atoms with Crippen molar-refractivity contribution in [3.05, 3.63) is 28.3 Å². The number of nitrogens with one attached hydrogen (secondary N) is 1. The summed E-state index contributed by atoms with van der Waals surface area (Å²) < 4.78 is 27.1. The maximum atomic E-state index is 11.4. The van der Waals surface area contributed by atoms with E-state index in [1.807, 2.05) is 0 Å². The molecule has 0 saturated carbocycles. The smallest absolute Gasteiger partial charge is 0.294 e. The Hall–Kier alpha value is -1.71. The quantitative estimate of drug-likeness (QED) is 0.482. The summed E-state index contributed by atoms with van der Waals surface area (Å²) >= 11 is 0. The number of nitro groups is 1. The number of carbonyl (C=O) groups excluding carboxylic acids is 1. The molecular formula is C10H11ClN2O6S. The van der Waals surface area contributed by atoms with Crippen LogP contribution < -0.4 is 5.32 Å². The van der Waals surface area contributed by atoms with E-state index in [2.05, 4.69) is 5.32 Å². The average Bonchev–Trinajstić information content (AvgIpc) is 2.35. The van der Waals surface area contributed by atoms with Crippen LogP contribution >= 0.6 is 10.7 Å². The van der Waals surface area contributed by atoms with Crippen molar-refractivity contribution in [1.29, 1.82) is 0 Å². The lowest BCUT2D eigenvalue weighted by Crippen LogP contribution is -2.19. The molecule has 0 aliphatic carbocycles. The predicted octanol–water partition coefficient (Wildman–Crippen LogP) is 1.50. The third-order valence-corrected chi connectivity index (χ3v) is 3.51. The van der Waals surface area contributed by atoms with Crippen molar-refractivity contribution in [2.24, 2.45) is 0 Å². The number of hydrogen-bond acceptors (Lipinski definition) is 6. The van der Waals surface area contributed by atoms with Gasteiger partial charge in [-0.3, -0.25) is 14.9 Å². The Balaban J connectivity index is 3.09. The zero-order valence-corrected chi connectivity index (χ0v) is 11.9. The minimum absolute atomic E-state index is 0.135. The van der Waals surface area contributed by atoms with Gasteiger partial charge < -0.3 is 10.1 Å². The predicted molar refractivity (Wildman–Crippen MR) is 71.3 cm³/mol. The standard InChI is InChI=1S/C10H11ClN2O6S/c1-2-19-6-10(14)12-8-4-3-7(20(11,17)18)5-9(8)13(15)16/h3-5H,2,6H2,1H3,(H,12,14).